The van der Waals surface area contributed by atoms with E-state index in [-0.39, 0.29) is 0 Å². The Balaban J connectivity index is 1.90. The molecule has 0 atom stereocenters. The zero-order chi connectivity index (χ0) is 10.8. The summed E-state index contributed by atoms with van der Waals surface area (Å²) in [5.74, 6) is 1.62. The van der Waals surface area contributed by atoms with Crippen LogP contribution < -0.4 is 0 Å². The molecule has 16 heavy (non-hydrogen) atoms. The maximum absolute atomic E-state index is 5.40. The van der Waals surface area contributed by atoms with E-state index < -0.39 is 0 Å². The van der Waals surface area contributed by atoms with Crippen molar-refractivity contribution in [2.75, 3.05) is 13.2 Å². The number of aliphatic imine (C=N–C) groups is 1. The maximum atomic E-state index is 5.40. The molecule has 0 saturated carbocycles. The Kier molecular flexibility index (Phi) is 2.22. The molecule has 3 rings (SSSR count). The van der Waals surface area contributed by atoms with Crippen molar-refractivity contribution >= 4 is 5.90 Å². The van der Waals surface area contributed by atoms with Crippen LogP contribution in [0.4, 0.5) is 0 Å². The van der Waals surface area contributed by atoms with Gasteiger partial charge in [0.2, 0.25) is 5.90 Å². The third kappa shape index (κ3) is 1.60. The second-order valence-electron chi connectivity index (χ2n) is 3.59. The Morgan fingerprint density at radius 1 is 1.00 bits per heavy atom. The number of nitrogens with zero attached hydrogens (tertiary/aromatic N) is 1. The number of rotatable bonds is 2. The highest BCUT2D eigenvalue weighted by atomic mass is 16.5. The van der Waals surface area contributed by atoms with Gasteiger partial charge in [0.15, 0.2) is 0 Å². The molecular weight excluding hydrogens is 202 g/mol. The maximum Gasteiger partial charge on any atom is 0.216 e. The minimum atomic E-state index is 0.690. The molecule has 2 aromatic rings. The van der Waals surface area contributed by atoms with Crippen LogP contribution in [0.5, 0.6) is 0 Å². The third-order valence-electron chi connectivity index (χ3n) is 2.52. The summed E-state index contributed by atoms with van der Waals surface area (Å²) in [4.78, 5) is 4.27. The average molecular weight is 213 g/mol. The average Bonchev–Trinajstić information content (AvgIpc) is 3.03. The van der Waals surface area contributed by atoms with Crippen LogP contribution in [-0.4, -0.2) is 19.0 Å². The summed E-state index contributed by atoms with van der Waals surface area (Å²) in [6.07, 6.45) is 1.67. The summed E-state index contributed by atoms with van der Waals surface area (Å²) in [5, 5.41) is 0. The SMILES string of the molecule is c1coc(-c2ccc(C3=NCCO3)cc2)c1. The molecule has 0 amide bonds. The zero-order valence-corrected chi connectivity index (χ0v) is 8.72. The first kappa shape index (κ1) is 9.21. The molecule has 1 aliphatic rings. The summed E-state index contributed by atoms with van der Waals surface area (Å²) >= 11 is 0. The highest BCUT2D eigenvalue weighted by molar-refractivity contribution is 5.95. The van der Waals surface area contributed by atoms with Crippen LogP contribution in [0.3, 0.4) is 0 Å². The smallest absolute Gasteiger partial charge is 0.216 e. The van der Waals surface area contributed by atoms with Gasteiger partial charge in [-0.15, -0.1) is 0 Å². The first-order chi connectivity index (χ1) is 7.93. The van der Waals surface area contributed by atoms with Crippen LogP contribution in [0.1, 0.15) is 5.56 Å². The normalized spacial score (nSPS) is 14.6. The van der Waals surface area contributed by atoms with Gasteiger partial charge in [0.05, 0.1) is 12.8 Å². The topological polar surface area (TPSA) is 34.7 Å². The molecule has 1 aromatic heterocycles. The first-order valence-electron chi connectivity index (χ1n) is 5.25. The van der Waals surface area contributed by atoms with Crippen LogP contribution in [0.15, 0.2) is 52.1 Å². The van der Waals surface area contributed by atoms with E-state index >= 15 is 0 Å². The van der Waals surface area contributed by atoms with Gasteiger partial charge in [0, 0.05) is 11.1 Å². The van der Waals surface area contributed by atoms with Crippen molar-refractivity contribution in [1.29, 1.82) is 0 Å². The molecule has 0 aliphatic carbocycles. The van der Waals surface area contributed by atoms with Gasteiger partial charge in [0.1, 0.15) is 12.4 Å². The molecule has 0 fully saturated rings. The number of hydrogen-bond donors (Lipinski definition) is 0. The Morgan fingerprint density at radius 2 is 1.81 bits per heavy atom. The number of benzene rings is 1. The van der Waals surface area contributed by atoms with E-state index in [1.807, 2.05) is 36.4 Å². The highest BCUT2D eigenvalue weighted by Gasteiger charge is 2.10. The molecule has 0 bridgehead atoms. The Morgan fingerprint density at radius 3 is 2.44 bits per heavy atom. The summed E-state index contributed by atoms with van der Waals surface area (Å²) in [6, 6.07) is 11.9. The van der Waals surface area contributed by atoms with Crippen LogP contribution >= 0.6 is 0 Å². The second-order valence-corrected chi connectivity index (χ2v) is 3.59. The second kappa shape index (κ2) is 3.85. The summed E-state index contributed by atoms with van der Waals surface area (Å²) in [6.45, 7) is 1.45. The van der Waals surface area contributed by atoms with E-state index in [9.17, 15) is 0 Å². The fourth-order valence-electron chi connectivity index (χ4n) is 1.73. The minimum Gasteiger partial charge on any atom is -0.476 e. The lowest BCUT2D eigenvalue weighted by atomic mass is 10.1. The van der Waals surface area contributed by atoms with Gasteiger partial charge in [0.25, 0.3) is 0 Å². The molecule has 0 saturated heterocycles. The first-order valence-corrected chi connectivity index (χ1v) is 5.25. The zero-order valence-electron chi connectivity index (χ0n) is 8.72. The van der Waals surface area contributed by atoms with Crippen molar-refractivity contribution in [3.05, 3.63) is 48.2 Å². The van der Waals surface area contributed by atoms with E-state index in [0.717, 1.165) is 29.3 Å². The van der Waals surface area contributed by atoms with E-state index in [2.05, 4.69) is 4.99 Å². The summed E-state index contributed by atoms with van der Waals surface area (Å²) in [5.41, 5.74) is 2.08. The molecule has 0 N–H and O–H groups in total. The van der Waals surface area contributed by atoms with Crippen molar-refractivity contribution < 1.29 is 9.15 Å². The Hall–Kier alpha value is -2.03. The van der Waals surface area contributed by atoms with E-state index in [0.29, 0.717) is 6.61 Å². The van der Waals surface area contributed by atoms with Gasteiger partial charge in [-0.2, -0.15) is 0 Å². The lowest BCUT2D eigenvalue weighted by Crippen LogP contribution is -2.00. The van der Waals surface area contributed by atoms with Crippen molar-refractivity contribution in [2.24, 2.45) is 4.99 Å². The molecular formula is C13H11NO2. The molecule has 0 spiro atoms. The molecule has 1 aliphatic heterocycles. The monoisotopic (exact) mass is 213 g/mol. The van der Waals surface area contributed by atoms with Gasteiger partial charge in [-0.1, -0.05) is 12.1 Å². The molecule has 1 aromatic carbocycles. The van der Waals surface area contributed by atoms with Crippen LogP contribution in [-0.2, 0) is 4.74 Å². The lowest BCUT2D eigenvalue weighted by Gasteiger charge is -2.02. The largest absolute Gasteiger partial charge is 0.476 e. The van der Waals surface area contributed by atoms with Crippen molar-refractivity contribution in [2.45, 2.75) is 0 Å². The highest BCUT2D eigenvalue weighted by Crippen LogP contribution is 2.20. The fourth-order valence-corrected chi connectivity index (χ4v) is 1.73. The number of hydrogen-bond acceptors (Lipinski definition) is 3. The molecule has 3 heteroatoms. The van der Waals surface area contributed by atoms with E-state index in [1.54, 1.807) is 6.26 Å². The van der Waals surface area contributed by atoms with Gasteiger partial charge < -0.3 is 9.15 Å². The third-order valence-corrected chi connectivity index (χ3v) is 2.52. The predicted molar refractivity (Wildman–Crippen MR) is 61.5 cm³/mol. The Labute approximate surface area is 93.4 Å². The van der Waals surface area contributed by atoms with Crippen LogP contribution in [0, 0.1) is 0 Å². The van der Waals surface area contributed by atoms with E-state index in [4.69, 9.17) is 9.15 Å². The van der Waals surface area contributed by atoms with Crippen molar-refractivity contribution in [3.63, 3.8) is 0 Å². The van der Waals surface area contributed by atoms with Gasteiger partial charge >= 0.3 is 0 Å². The van der Waals surface area contributed by atoms with Gasteiger partial charge in [-0.05, 0) is 24.3 Å². The van der Waals surface area contributed by atoms with Crippen molar-refractivity contribution in [1.82, 2.24) is 0 Å². The number of furan rings is 1. The molecule has 0 unspecified atom stereocenters. The fraction of sp³-hybridized carbons (Fsp3) is 0.154. The summed E-state index contributed by atoms with van der Waals surface area (Å²) < 4.78 is 10.7. The molecule has 80 valence electrons. The standard InChI is InChI=1S/C13H11NO2/c1-2-12(15-8-1)10-3-5-11(6-4-10)13-14-7-9-16-13/h1-6,8H,7,9H2. The van der Waals surface area contributed by atoms with Gasteiger partial charge in [-0.25, -0.2) is 4.99 Å². The van der Waals surface area contributed by atoms with Crippen LogP contribution in [0.25, 0.3) is 11.3 Å². The minimum absolute atomic E-state index is 0.690. The summed E-state index contributed by atoms with van der Waals surface area (Å²) in [7, 11) is 0. The Bertz CT molecular complexity index is 497. The molecule has 3 nitrogen and oxygen atoms in total. The van der Waals surface area contributed by atoms with Crippen molar-refractivity contribution in [3.8, 4) is 11.3 Å². The lowest BCUT2D eigenvalue weighted by molar-refractivity contribution is 0.348. The quantitative estimate of drug-likeness (QED) is 0.768. The molecule has 2 heterocycles. The van der Waals surface area contributed by atoms with E-state index in [1.165, 1.54) is 0 Å². The van der Waals surface area contributed by atoms with Gasteiger partial charge in [-0.3, -0.25) is 0 Å². The number of ether oxygens (including phenoxy) is 1. The van der Waals surface area contributed by atoms with Crippen LogP contribution in [0.2, 0.25) is 0 Å². The molecule has 0 radical (unpaired) electrons. The predicted octanol–water partition coefficient (Wildman–Crippen LogP) is 2.72.